The fourth-order valence-corrected chi connectivity index (χ4v) is 3.05. The molecule has 1 N–H and O–H groups in total. The third-order valence-electron chi connectivity index (χ3n) is 4.32. The lowest BCUT2D eigenvalue weighted by molar-refractivity contribution is 0.227. The number of ether oxygens (including phenoxy) is 1. The molecule has 0 bridgehead atoms. The fraction of sp³-hybridized carbons (Fsp3) is 0.647. The second-order valence-electron chi connectivity index (χ2n) is 5.73. The van der Waals surface area contributed by atoms with Crippen LogP contribution in [0.2, 0.25) is 0 Å². The van der Waals surface area contributed by atoms with Crippen molar-refractivity contribution in [1.29, 1.82) is 0 Å². The van der Waals surface area contributed by atoms with Crippen molar-refractivity contribution in [3.05, 3.63) is 24.3 Å². The van der Waals surface area contributed by atoms with Crippen LogP contribution in [-0.2, 0) is 0 Å². The molecule has 21 heavy (non-hydrogen) atoms. The number of para-hydroxylation sites is 2. The first-order chi connectivity index (χ1) is 10.3. The number of rotatable bonds is 7. The van der Waals surface area contributed by atoms with E-state index in [2.05, 4.69) is 41.2 Å². The van der Waals surface area contributed by atoms with Gasteiger partial charge in [0, 0.05) is 38.8 Å². The van der Waals surface area contributed by atoms with Crippen molar-refractivity contribution in [2.75, 3.05) is 51.8 Å². The van der Waals surface area contributed by atoms with Gasteiger partial charge in [0.25, 0.3) is 0 Å². The van der Waals surface area contributed by atoms with Crippen LogP contribution in [0.1, 0.15) is 19.8 Å². The van der Waals surface area contributed by atoms with Crippen molar-refractivity contribution < 1.29 is 4.74 Å². The molecule has 1 unspecified atom stereocenters. The lowest BCUT2D eigenvalue weighted by Crippen LogP contribution is -2.50. The molecule has 1 aromatic rings. The van der Waals surface area contributed by atoms with Crippen LogP contribution in [0.25, 0.3) is 0 Å². The van der Waals surface area contributed by atoms with E-state index in [4.69, 9.17) is 4.74 Å². The van der Waals surface area contributed by atoms with E-state index in [0.29, 0.717) is 6.04 Å². The summed E-state index contributed by atoms with van der Waals surface area (Å²) in [6.07, 6.45) is 2.50. The standard InChI is InChI=1S/C17H29N3O/c1-4-7-15(18-2)14-19-10-12-20(13-11-19)16-8-5-6-9-17(16)21-3/h5-6,8-9,15,18H,4,7,10-14H2,1-3H3. The van der Waals surface area contributed by atoms with Crippen molar-refractivity contribution in [3.63, 3.8) is 0 Å². The zero-order valence-corrected chi connectivity index (χ0v) is 13.6. The molecule has 1 aliphatic rings. The van der Waals surface area contributed by atoms with Crippen LogP contribution >= 0.6 is 0 Å². The highest BCUT2D eigenvalue weighted by molar-refractivity contribution is 5.58. The fourth-order valence-electron chi connectivity index (χ4n) is 3.05. The van der Waals surface area contributed by atoms with Crippen LogP contribution in [0.3, 0.4) is 0 Å². The molecule has 1 atom stereocenters. The van der Waals surface area contributed by atoms with Gasteiger partial charge in [-0.25, -0.2) is 0 Å². The predicted octanol–water partition coefficient (Wildman–Crippen LogP) is 2.21. The smallest absolute Gasteiger partial charge is 0.142 e. The Morgan fingerprint density at radius 1 is 1.19 bits per heavy atom. The van der Waals surface area contributed by atoms with Crippen LogP contribution in [0.15, 0.2) is 24.3 Å². The van der Waals surface area contributed by atoms with Gasteiger partial charge in [-0.2, -0.15) is 0 Å². The Labute approximate surface area is 129 Å². The number of methoxy groups -OCH3 is 1. The van der Waals surface area contributed by atoms with Gasteiger partial charge < -0.3 is 15.0 Å². The molecule has 4 nitrogen and oxygen atoms in total. The first-order valence-corrected chi connectivity index (χ1v) is 8.06. The summed E-state index contributed by atoms with van der Waals surface area (Å²) in [6, 6.07) is 8.93. The van der Waals surface area contributed by atoms with Crippen LogP contribution < -0.4 is 15.0 Å². The van der Waals surface area contributed by atoms with E-state index in [9.17, 15) is 0 Å². The van der Waals surface area contributed by atoms with Gasteiger partial charge in [0.05, 0.1) is 12.8 Å². The number of nitrogens with zero attached hydrogens (tertiary/aromatic N) is 2. The van der Waals surface area contributed by atoms with Crippen molar-refractivity contribution in [3.8, 4) is 5.75 Å². The maximum absolute atomic E-state index is 5.47. The molecule has 1 aromatic carbocycles. The highest BCUT2D eigenvalue weighted by Crippen LogP contribution is 2.28. The zero-order valence-electron chi connectivity index (χ0n) is 13.6. The normalized spacial score (nSPS) is 17.8. The average Bonchev–Trinajstić information content (AvgIpc) is 2.55. The number of hydrogen-bond donors (Lipinski definition) is 1. The van der Waals surface area contributed by atoms with Gasteiger partial charge in [0.2, 0.25) is 0 Å². The largest absolute Gasteiger partial charge is 0.495 e. The number of likely N-dealkylation sites (N-methyl/N-ethyl adjacent to an activating group) is 1. The molecule has 0 aromatic heterocycles. The molecule has 1 fully saturated rings. The lowest BCUT2D eigenvalue weighted by Gasteiger charge is -2.38. The van der Waals surface area contributed by atoms with E-state index in [-0.39, 0.29) is 0 Å². The third-order valence-corrected chi connectivity index (χ3v) is 4.32. The molecular weight excluding hydrogens is 262 g/mol. The summed E-state index contributed by atoms with van der Waals surface area (Å²) >= 11 is 0. The Kier molecular flexibility index (Phi) is 6.33. The van der Waals surface area contributed by atoms with Crippen molar-refractivity contribution >= 4 is 5.69 Å². The van der Waals surface area contributed by atoms with Crippen molar-refractivity contribution in [2.24, 2.45) is 0 Å². The monoisotopic (exact) mass is 291 g/mol. The molecule has 0 aliphatic carbocycles. The minimum Gasteiger partial charge on any atom is -0.495 e. The first kappa shape index (κ1) is 16.1. The molecule has 0 amide bonds. The van der Waals surface area contributed by atoms with Gasteiger partial charge >= 0.3 is 0 Å². The summed E-state index contributed by atoms with van der Waals surface area (Å²) in [5, 5.41) is 3.44. The molecule has 118 valence electrons. The molecule has 0 saturated carbocycles. The number of anilines is 1. The third kappa shape index (κ3) is 4.35. The Balaban J connectivity index is 1.88. The minimum atomic E-state index is 0.618. The first-order valence-electron chi connectivity index (χ1n) is 8.06. The number of piperazine rings is 1. The van der Waals surface area contributed by atoms with E-state index in [1.54, 1.807) is 7.11 Å². The molecular formula is C17H29N3O. The highest BCUT2D eigenvalue weighted by Gasteiger charge is 2.21. The second kappa shape index (κ2) is 8.25. The summed E-state index contributed by atoms with van der Waals surface area (Å²) in [5.41, 5.74) is 1.22. The van der Waals surface area contributed by atoms with E-state index in [0.717, 1.165) is 38.5 Å². The van der Waals surface area contributed by atoms with Crippen LogP contribution in [0, 0.1) is 0 Å². The van der Waals surface area contributed by atoms with Crippen LogP contribution in [-0.4, -0.2) is 57.8 Å². The Bertz CT molecular complexity index is 416. The van der Waals surface area contributed by atoms with Crippen molar-refractivity contribution in [2.45, 2.75) is 25.8 Å². The number of hydrogen-bond acceptors (Lipinski definition) is 4. The minimum absolute atomic E-state index is 0.618. The maximum atomic E-state index is 5.47. The van der Waals surface area contributed by atoms with Gasteiger partial charge in [-0.15, -0.1) is 0 Å². The molecule has 2 rings (SSSR count). The average molecular weight is 291 g/mol. The van der Waals surface area contributed by atoms with Crippen LogP contribution in [0.4, 0.5) is 5.69 Å². The summed E-state index contributed by atoms with van der Waals surface area (Å²) in [4.78, 5) is 5.01. The van der Waals surface area contributed by atoms with E-state index >= 15 is 0 Å². The number of benzene rings is 1. The van der Waals surface area contributed by atoms with Gasteiger partial charge in [-0.05, 0) is 25.6 Å². The van der Waals surface area contributed by atoms with Gasteiger partial charge in [-0.1, -0.05) is 25.5 Å². The SMILES string of the molecule is CCCC(CN1CCN(c2ccccc2OC)CC1)NC. The zero-order chi connectivity index (χ0) is 15.1. The quantitative estimate of drug-likeness (QED) is 0.833. The molecule has 4 heteroatoms. The summed E-state index contributed by atoms with van der Waals surface area (Å²) in [6.45, 7) is 7.81. The molecule has 0 spiro atoms. The summed E-state index contributed by atoms with van der Waals surface area (Å²) < 4.78 is 5.47. The van der Waals surface area contributed by atoms with E-state index in [1.807, 2.05) is 12.1 Å². The molecule has 1 aliphatic heterocycles. The van der Waals surface area contributed by atoms with Gasteiger partial charge in [0.1, 0.15) is 5.75 Å². The predicted molar refractivity (Wildman–Crippen MR) is 89.4 cm³/mol. The van der Waals surface area contributed by atoms with Crippen molar-refractivity contribution in [1.82, 2.24) is 10.2 Å². The second-order valence-corrected chi connectivity index (χ2v) is 5.73. The van der Waals surface area contributed by atoms with E-state index in [1.165, 1.54) is 18.5 Å². The summed E-state index contributed by atoms with van der Waals surface area (Å²) in [7, 11) is 3.82. The van der Waals surface area contributed by atoms with E-state index < -0.39 is 0 Å². The van der Waals surface area contributed by atoms with Crippen LogP contribution in [0.5, 0.6) is 5.75 Å². The number of nitrogens with one attached hydrogen (secondary N) is 1. The Morgan fingerprint density at radius 3 is 2.52 bits per heavy atom. The van der Waals surface area contributed by atoms with Gasteiger partial charge in [0.15, 0.2) is 0 Å². The maximum Gasteiger partial charge on any atom is 0.142 e. The molecule has 0 radical (unpaired) electrons. The molecule has 1 heterocycles. The topological polar surface area (TPSA) is 27.7 Å². The molecule has 1 saturated heterocycles. The Morgan fingerprint density at radius 2 is 1.90 bits per heavy atom. The summed E-state index contributed by atoms with van der Waals surface area (Å²) in [5.74, 6) is 0.977. The highest BCUT2D eigenvalue weighted by atomic mass is 16.5. The van der Waals surface area contributed by atoms with Gasteiger partial charge in [-0.3, -0.25) is 4.90 Å². The lowest BCUT2D eigenvalue weighted by atomic mass is 10.1. The Hall–Kier alpha value is -1.26.